The van der Waals surface area contributed by atoms with Crippen LogP contribution < -0.4 is 5.32 Å². The Morgan fingerprint density at radius 2 is 1.83 bits per heavy atom. The van der Waals surface area contributed by atoms with Crippen molar-refractivity contribution < 1.29 is 0 Å². The average Bonchev–Trinajstić information content (AvgIpc) is 2.76. The van der Waals surface area contributed by atoms with E-state index in [2.05, 4.69) is 33.0 Å². The number of nitrogens with one attached hydrogen (secondary N) is 1. The third-order valence-corrected chi connectivity index (χ3v) is 5.59. The van der Waals surface area contributed by atoms with E-state index < -0.39 is 0 Å². The first-order valence-corrected chi connectivity index (χ1v) is 8.36. The molecule has 18 heavy (non-hydrogen) atoms. The van der Waals surface area contributed by atoms with Gasteiger partial charge >= 0.3 is 0 Å². The second-order valence-corrected chi connectivity index (χ2v) is 7.38. The maximum Gasteiger partial charge on any atom is 0.0103 e. The van der Waals surface area contributed by atoms with Crippen molar-refractivity contribution in [3.8, 4) is 0 Å². The van der Waals surface area contributed by atoms with Gasteiger partial charge in [-0.25, -0.2) is 0 Å². The van der Waals surface area contributed by atoms with Crippen molar-refractivity contribution in [1.29, 1.82) is 0 Å². The minimum atomic E-state index is 0.800. The van der Waals surface area contributed by atoms with Crippen molar-refractivity contribution in [2.24, 2.45) is 23.7 Å². The summed E-state index contributed by atoms with van der Waals surface area (Å²) in [6.07, 6.45) is 10.0. The summed E-state index contributed by atoms with van der Waals surface area (Å²) in [4.78, 5) is 0. The summed E-state index contributed by atoms with van der Waals surface area (Å²) < 4.78 is 0. The van der Waals surface area contributed by atoms with Gasteiger partial charge in [0.25, 0.3) is 0 Å². The number of rotatable bonds is 4. The lowest BCUT2D eigenvalue weighted by molar-refractivity contribution is 0.158. The minimum Gasteiger partial charge on any atom is -0.311 e. The van der Waals surface area contributed by atoms with Crippen LogP contribution in [0.5, 0.6) is 0 Å². The highest BCUT2D eigenvalue weighted by molar-refractivity contribution is 4.90. The molecule has 0 heterocycles. The van der Waals surface area contributed by atoms with Gasteiger partial charge in [-0.1, -0.05) is 40.5 Å². The van der Waals surface area contributed by atoms with Gasteiger partial charge in [0.15, 0.2) is 0 Å². The van der Waals surface area contributed by atoms with E-state index in [4.69, 9.17) is 0 Å². The highest BCUT2D eigenvalue weighted by Crippen LogP contribution is 2.35. The lowest BCUT2D eigenvalue weighted by Crippen LogP contribution is -2.46. The molecule has 0 aromatic rings. The van der Waals surface area contributed by atoms with E-state index in [0.29, 0.717) is 0 Å². The summed E-state index contributed by atoms with van der Waals surface area (Å²) in [7, 11) is 0. The third-order valence-electron chi connectivity index (χ3n) is 5.59. The van der Waals surface area contributed by atoms with Crippen molar-refractivity contribution in [3.05, 3.63) is 0 Å². The fraction of sp³-hybridized carbons (Fsp3) is 1.00. The van der Waals surface area contributed by atoms with Crippen LogP contribution in [-0.2, 0) is 0 Å². The van der Waals surface area contributed by atoms with Crippen LogP contribution in [-0.4, -0.2) is 12.1 Å². The van der Waals surface area contributed by atoms with Crippen molar-refractivity contribution in [3.63, 3.8) is 0 Å². The van der Waals surface area contributed by atoms with E-state index in [1.807, 2.05) is 0 Å². The molecule has 0 amide bonds. The van der Waals surface area contributed by atoms with Crippen LogP contribution in [0.15, 0.2) is 0 Å². The normalized spacial score (nSPS) is 41.5. The zero-order valence-corrected chi connectivity index (χ0v) is 12.9. The smallest absolute Gasteiger partial charge is 0.0103 e. The molecule has 1 nitrogen and oxygen atoms in total. The standard InChI is InChI=1S/C17H33N/c1-5-14-7-8-15(11-14)18-17-10-13(4)6-9-16(17)12(2)3/h12-18H,5-11H2,1-4H3. The van der Waals surface area contributed by atoms with Crippen LogP contribution >= 0.6 is 0 Å². The lowest BCUT2D eigenvalue weighted by Gasteiger charge is -2.39. The largest absolute Gasteiger partial charge is 0.311 e. The van der Waals surface area contributed by atoms with Crippen LogP contribution in [0.4, 0.5) is 0 Å². The fourth-order valence-electron chi connectivity index (χ4n) is 4.29. The highest BCUT2D eigenvalue weighted by Gasteiger charge is 2.33. The summed E-state index contributed by atoms with van der Waals surface area (Å²) in [6.45, 7) is 9.62. The van der Waals surface area contributed by atoms with Crippen LogP contribution in [0.25, 0.3) is 0 Å². The lowest BCUT2D eigenvalue weighted by atomic mass is 9.74. The van der Waals surface area contributed by atoms with Gasteiger partial charge in [-0.15, -0.1) is 0 Å². The van der Waals surface area contributed by atoms with Gasteiger partial charge in [-0.2, -0.15) is 0 Å². The van der Waals surface area contributed by atoms with Gasteiger partial charge in [-0.05, 0) is 55.8 Å². The van der Waals surface area contributed by atoms with E-state index in [0.717, 1.165) is 35.8 Å². The molecule has 2 aliphatic rings. The van der Waals surface area contributed by atoms with Crippen LogP contribution in [0.1, 0.15) is 72.6 Å². The molecule has 0 bridgehead atoms. The Morgan fingerprint density at radius 1 is 1.06 bits per heavy atom. The van der Waals surface area contributed by atoms with Gasteiger partial charge in [0.05, 0.1) is 0 Å². The first kappa shape index (κ1) is 14.4. The Kier molecular flexibility index (Phi) is 5.12. The predicted molar refractivity (Wildman–Crippen MR) is 79.7 cm³/mol. The number of hydrogen-bond donors (Lipinski definition) is 1. The topological polar surface area (TPSA) is 12.0 Å². The third kappa shape index (κ3) is 3.50. The molecule has 0 aliphatic heterocycles. The van der Waals surface area contributed by atoms with Gasteiger partial charge in [0, 0.05) is 12.1 Å². The summed E-state index contributed by atoms with van der Waals surface area (Å²) in [6, 6.07) is 1.63. The van der Waals surface area contributed by atoms with E-state index in [9.17, 15) is 0 Å². The van der Waals surface area contributed by atoms with Crippen LogP contribution in [0, 0.1) is 23.7 Å². The van der Waals surface area contributed by atoms with Gasteiger partial charge in [-0.3, -0.25) is 0 Å². The predicted octanol–water partition coefficient (Wildman–Crippen LogP) is 4.62. The van der Waals surface area contributed by atoms with Crippen molar-refractivity contribution in [2.75, 3.05) is 0 Å². The summed E-state index contributed by atoms with van der Waals surface area (Å²) in [5.41, 5.74) is 0. The Morgan fingerprint density at radius 3 is 2.44 bits per heavy atom. The zero-order chi connectivity index (χ0) is 13.1. The SMILES string of the molecule is CCC1CCC(NC2CC(C)CCC2C(C)C)C1. The second kappa shape index (κ2) is 6.41. The Labute approximate surface area is 114 Å². The molecule has 106 valence electrons. The van der Waals surface area contributed by atoms with E-state index in [1.165, 1.54) is 44.9 Å². The molecule has 0 spiro atoms. The summed E-state index contributed by atoms with van der Waals surface area (Å²) >= 11 is 0. The molecule has 1 heteroatoms. The van der Waals surface area contributed by atoms with Crippen LogP contribution in [0.2, 0.25) is 0 Å². The van der Waals surface area contributed by atoms with Crippen molar-refractivity contribution >= 4 is 0 Å². The molecule has 0 saturated heterocycles. The molecule has 0 aromatic carbocycles. The minimum absolute atomic E-state index is 0.800. The summed E-state index contributed by atoms with van der Waals surface area (Å²) in [5.74, 6) is 3.70. The first-order valence-electron chi connectivity index (χ1n) is 8.36. The molecular weight excluding hydrogens is 218 g/mol. The summed E-state index contributed by atoms with van der Waals surface area (Å²) in [5, 5.41) is 4.04. The van der Waals surface area contributed by atoms with Gasteiger partial charge in [0.1, 0.15) is 0 Å². The second-order valence-electron chi connectivity index (χ2n) is 7.38. The van der Waals surface area contributed by atoms with Crippen molar-refractivity contribution in [2.45, 2.75) is 84.7 Å². The highest BCUT2D eigenvalue weighted by atomic mass is 15.0. The number of hydrogen-bond acceptors (Lipinski definition) is 1. The van der Waals surface area contributed by atoms with E-state index in [-0.39, 0.29) is 0 Å². The zero-order valence-electron chi connectivity index (χ0n) is 12.9. The molecule has 5 atom stereocenters. The van der Waals surface area contributed by atoms with Crippen molar-refractivity contribution in [1.82, 2.24) is 5.32 Å². The van der Waals surface area contributed by atoms with Crippen LogP contribution in [0.3, 0.4) is 0 Å². The molecule has 0 radical (unpaired) electrons. The Hall–Kier alpha value is -0.0400. The molecular formula is C17H33N. The maximum absolute atomic E-state index is 4.04. The molecule has 5 unspecified atom stereocenters. The maximum atomic E-state index is 4.04. The first-order chi connectivity index (χ1) is 8.60. The van der Waals surface area contributed by atoms with Gasteiger partial charge < -0.3 is 5.32 Å². The fourth-order valence-corrected chi connectivity index (χ4v) is 4.29. The molecule has 0 aromatic heterocycles. The molecule has 2 fully saturated rings. The van der Waals surface area contributed by atoms with Gasteiger partial charge in [0.2, 0.25) is 0 Å². The average molecular weight is 251 g/mol. The molecule has 2 aliphatic carbocycles. The molecule has 2 rings (SSSR count). The molecule has 2 saturated carbocycles. The Balaban J connectivity index is 1.88. The monoisotopic (exact) mass is 251 g/mol. The van der Waals surface area contributed by atoms with E-state index in [1.54, 1.807) is 0 Å². The molecule has 1 N–H and O–H groups in total. The quantitative estimate of drug-likeness (QED) is 0.769. The van der Waals surface area contributed by atoms with E-state index >= 15 is 0 Å². The Bertz CT molecular complexity index is 248.